The van der Waals surface area contributed by atoms with Gasteiger partial charge in [0.2, 0.25) is 12.3 Å². The SMILES string of the molecule is CC(NC=O)C(=O)NC(CC1C=CCCC1)C(=O)O. The van der Waals surface area contributed by atoms with Crippen molar-refractivity contribution in [3.63, 3.8) is 0 Å². The molecule has 0 aliphatic heterocycles. The predicted molar refractivity (Wildman–Crippen MR) is 69.3 cm³/mol. The van der Waals surface area contributed by atoms with Crippen molar-refractivity contribution < 1.29 is 19.5 Å². The first kappa shape index (κ1) is 15.2. The summed E-state index contributed by atoms with van der Waals surface area (Å²) in [7, 11) is 0. The molecule has 0 radical (unpaired) electrons. The highest BCUT2D eigenvalue weighted by molar-refractivity contribution is 5.87. The van der Waals surface area contributed by atoms with Crippen LogP contribution in [-0.4, -0.2) is 35.5 Å². The van der Waals surface area contributed by atoms with Crippen LogP contribution in [0.15, 0.2) is 12.2 Å². The van der Waals surface area contributed by atoms with Gasteiger partial charge in [0.15, 0.2) is 0 Å². The zero-order valence-electron chi connectivity index (χ0n) is 11.0. The summed E-state index contributed by atoms with van der Waals surface area (Å²) >= 11 is 0. The maximum atomic E-state index is 11.7. The Kier molecular flexibility index (Phi) is 6.05. The molecule has 0 saturated heterocycles. The minimum absolute atomic E-state index is 0.185. The first-order chi connectivity index (χ1) is 9.04. The second-order valence-electron chi connectivity index (χ2n) is 4.76. The van der Waals surface area contributed by atoms with Crippen LogP contribution in [-0.2, 0) is 14.4 Å². The van der Waals surface area contributed by atoms with E-state index in [0.717, 1.165) is 19.3 Å². The van der Waals surface area contributed by atoms with Crippen molar-refractivity contribution in [2.75, 3.05) is 0 Å². The topological polar surface area (TPSA) is 95.5 Å². The summed E-state index contributed by atoms with van der Waals surface area (Å²) < 4.78 is 0. The lowest BCUT2D eigenvalue weighted by atomic mass is 9.90. The first-order valence-corrected chi connectivity index (χ1v) is 6.44. The van der Waals surface area contributed by atoms with Crippen LogP contribution in [0.3, 0.4) is 0 Å². The number of aliphatic carboxylic acids is 1. The van der Waals surface area contributed by atoms with Crippen LogP contribution < -0.4 is 10.6 Å². The number of carboxylic acid groups (broad SMARTS) is 1. The van der Waals surface area contributed by atoms with Crippen molar-refractivity contribution in [3.05, 3.63) is 12.2 Å². The summed E-state index contributed by atoms with van der Waals surface area (Å²) in [6.45, 7) is 1.50. The van der Waals surface area contributed by atoms with E-state index in [4.69, 9.17) is 5.11 Å². The molecule has 1 aliphatic carbocycles. The molecule has 0 aromatic heterocycles. The van der Waals surface area contributed by atoms with Crippen LogP contribution in [0.25, 0.3) is 0 Å². The van der Waals surface area contributed by atoms with Gasteiger partial charge in [0.25, 0.3) is 0 Å². The van der Waals surface area contributed by atoms with Crippen LogP contribution in [0.2, 0.25) is 0 Å². The van der Waals surface area contributed by atoms with E-state index in [0.29, 0.717) is 12.8 Å². The maximum absolute atomic E-state index is 11.7. The Morgan fingerprint density at radius 2 is 2.26 bits per heavy atom. The number of carbonyl (C=O) groups excluding carboxylic acids is 2. The van der Waals surface area contributed by atoms with Crippen molar-refractivity contribution in [3.8, 4) is 0 Å². The highest BCUT2D eigenvalue weighted by Crippen LogP contribution is 2.21. The largest absolute Gasteiger partial charge is 0.480 e. The molecule has 1 rings (SSSR count). The Bertz CT molecular complexity index is 368. The summed E-state index contributed by atoms with van der Waals surface area (Å²) in [6.07, 6.45) is 7.88. The zero-order valence-corrected chi connectivity index (χ0v) is 11.0. The molecule has 0 spiro atoms. The lowest BCUT2D eigenvalue weighted by molar-refractivity contribution is -0.142. The Labute approximate surface area is 112 Å². The number of nitrogens with one attached hydrogen (secondary N) is 2. The summed E-state index contributed by atoms with van der Waals surface area (Å²) in [5, 5.41) is 13.9. The average Bonchev–Trinajstić information content (AvgIpc) is 2.39. The number of rotatable bonds is 7. The van der Waals surface area contributed by atoms with Gasteiger partial charge >= 0.3 is 5.97 Å². The number of amides is 2. The maximum Gasteiger partial charge on any atom is 0.326 e. The monoisotopic (exact) mass is 268 g/mol. The van der Waals surface area contributed by atoms with Gasteiger partial charge in [0, 0.05) is 0 Å². The second-order valence-corrected chi connectivity index (χ2v) is 4.76. The summed E-state index contributed by atoms with van der Waals surface area (Å²) in [5.74, 6) is -1.35. The summed E-state index contributed by atoms with van der Waals surface area (Å²) in [5.41, 5.74) is 0. The van der Waals surface area contributed by atoms with Gasteiger partial charge in [-0.15, -0.1) is 0 Å². The lowest BCUT2D eigenvalue weighted by Gasteiger charge is -2.22. The Balaban J connectivity index is 2.54. The first-order valence-electron chi connectivity index (χ1n) is 6.44. The Morgan fingerprint density at radius 1 is 1.53 bits per heavy atom. The Morgan fingerprint density at radius 3 is 2.79 bits per heavy atom. The van der Waals surface area contributed by atoms with Gasteiger partial charge in [0.05, 0.1) is 0 Å². The Hall–Kier alpha value is -1.85. The van der Waals surface area contributed by atoms with E-state index >= 15 is 0 Å². The third-order valence-corrected chi connectivity index (χ3v) is 3.22. The lowest BCUT2D eigenvalue weighted by Crippen LogP contribution is -2.49. The third-order valence-electron chi connectivity index (χ3n) is 3.22. The minimum atomic E-state index is -1.05. The van der Waals surface area contributed by atoms with Gasteiger partial charge in [-0.05, 0) is 38.5 Å². The second kappa shape index (κ2) is 7.56. The minimum Gasteiger partial charge on any atom is -0.480 e. The van der Waals surface area contributed by atoms with Crippen molar-refractivity contribution in [2.45, 2.75) is 44.7 Å². The summed E-state index contributed by atoms with van der Waals surface area (Å²) in [4.78, 5) is 33.1. The molecule has 106 valence electrons. The number of hydrogen-bond donors (Lipinski definition) is 3. The fourth-order valence-electron chi connectivity index (χ4n) is 2.08. The zero-order chi connectivity index (χ0) is 14.3. The van der Waals surface area contributed by atoms with Crippen molar-refractivity contribution in [2.24, 2.45) is 5.92 Å². The normalized spacial score (nSPS) is 21.2. The van der Waals surface area contributed by atoms with E-state index < -0.39 is 24.0 Å². The molecule has 0 fully saturated rings. The third kappa shape index (κ3) is 5.11. The van der Waals surface area contributed by atoms with Crippen molar-refractivity contribution in [1.29, 1.82) is 0 Å². The molecule has 0 saturated carbocycles. The van der Waals surface area contributed by atoms with Crippen molar-refractivity contribution >= 4 is 18.3 Å². The molecule has 3 unspecified atom stereocenters. The molecule has 2 amide bonds. The van der Waals surface area contributed by atoms with Crippen molar-refractivity contribution in [1.82, 2.24) is 10.6 Å². The summed E-state index contributed by atoms with van der Waals surface area (Å²) in [6, 6.07) is -1.66. The quantitative estimate of drug-likeness (QED) is 0.461. The smallest absolute Gasteiger partial charge is 0.326 e. The van der Waals surface area contributed by atoms with E-state index in [9.17, 15) is 14.4 Å². The number of allylic oxidation sites excluding steroid dienone is 2. The fourth-order valence-corrected chi connectivity index (χ4v) is 2.08. The molecule has 0 aromatic carbocycles. The van der Waals surface area contributed by atoms with Gasteiger partial charge in [-0.3, -0.25) is 9.59 Å². The van der Waals surface area contributed by atoms with E-state index in [1.807, 2.05) is 12.2 Å². The van der Waals surface area contributed by atoms with Crippen LogP contribution in [0, 0.1) is 5.92 Å². The van der Waals surface area contributed by atoms with Gasteiger partial charge in [-0.25, -0.2) is 4.79 Å². The predicted octanol–water partition coefficient (Wildman–Crippen LogP) is 0.437. The van der Waals surface area contributed by atoms with E-state index in [2.05, 4.69) is 10.6 Å². The average molecular weight is 268 g/mol. The molecule has 3 atom stereocenters. The van der Waals surface area contributed by atoms with Gasteiger partial charge < -0.3 is 15.7 Å². The molecule has 1 aliphatic rings. The molecule has 19 heavy (non-hydrogen) atoms. The molecule has 0 bridgehead atoms. The van der Waals surface area contributed by atoms with E-state index in [1.165, 1.54) is 6.92 Å². The molecule has 0 heterocycles. The van der Waals surface area contributed by atoms with Gasteiger partial charge in [0.1, 0.15) is 12.1 Å². The fraction of sp³-hybridized carbons (Fsp3) is 0.615. The van der Waals surface area contributed by atoms with Crippen LogP contribution in [0.1, 0.15) is 32.6 Å². The molecule has 6 nitrogen and oxygen atoms in total. The highest BCUT2D eigenvalue weighted by atomic mass is 16.4. The number of hydrogen-bond acceptors (Lipinski definition) is 3. The standard InChI is InChI=1S/C13H20N2O4/c1-9(14-8-16)12(17)15-11(13(18)19)7-10-5-3-2-4-6-10/h3,5,8-11H,2,4,6-7H2,1H3,(H,14,16)(H,15,17)(H,18,19). The molecule has 3 N–H and O–H groups in total. The number of carboxylic acids is 1. The highest BCUT2D eigenvalue weighted by Gasteiger charge is 2.25. The van der Waals surface area contributed by atoms with Crippen LogP contribution in [0.4, 0.5) is 0 Å². The number of carbonyl (C=O) groups is 3. The molecule has 6 heteroatoms. The van der Waals surface area contributed by atoms with Crippen LogP contribution in [0.5, 0.6) is 0 Å². The molecule has 0 aromatic rings. The van der Waals surface area contributed by atoms with Gasteiger partial charge in [-0.1, -0.05) is 12.2 Å². The van der Waals surface area contributed by atoms with Crippen LogP contribution >= 0.6 is 0 Å². The van der Waals surface area contributed by atoms with E-state index in [-0.39, 0.29) is 5.92 Å². The van der Waals surface area contributed by atoms with Gasteiger partial charge in [-0.2, -0.15) is 0 Å². The van der Waals surface area contributed by atoms with E-state index in [1.54, 1.807) is 0 Å². The molecular formula is C13H20N2O4. The molecular weight excluding hydrogens is 248 g/mol.